The van der Waals surface area contributed by atoms with Gasteiger partial charge in [0.1, 0.15) is 5.82 Å². The van der Waals surface area contributed by atoms with Crippen LogP contribution in [0, 0.1) is 0 Å². The van der Waals surface area contributed by atoms with E-state index in [0.29, 0.717) is 19.0 Å². The molecule has 1 aromatic carbocycles. The molecule has 1 aliphatic rings. The maximum Gasteiger partial charge on any atom is 0.175 e. The topological polar surface area (TPSA) is 73.2 Å². The van der Waals surface area contributed by atoms with Gasteiger partial charge in [0.15, 0.2) is 11.5 Å². The molecule has 0 unspecified atom stereocenters. The smallest absolute Gasteiger partial charge is 0.175 e. The Balaban J connectivity index is 2.24. The molecule has 0 fully saturated rings. The standard InChI is InChI=1S/C14H16BrN3O2/c1-2-8-9(10-7-17-18-14(10)16)6-11(15)13-12(8)19-4-3-5-20-13/h6-7H,2-5H2,1H3,(H3,16,17,18). The van der Waals surface area contributed by atoms with Gasteiger partial charge in [-0.3, -0.25) is 5.10 Å². The van der Waals surface area contributed by atoms with Crippen molar-refractivity contribution >= 4 is 21.7 Å². The molecule has 0 aliphatic carbocycles. The quantitative estimate of drug-likeness (QED) is 0.882. The molecule has 0 atom stereocenters. The van der Waals surface area contributed by atoms with Crippen LogP contribution in [0.15, 0.2) is 16.7 Å². The van der Waals surface area contributed by atoms with Crippen LogP contribution in [0.3, 0.4) is 0 Å². The van der Waals surface area contributed by atoms with Crippen molar-refractivity contribution < 1.29 is 9.47 Å². The molecule has 1 aromatic heterocycles. The van der Waals surface area contributed by atoms with E-state index in [4.69, 9.17) is 15.2 Å². The third-order valence-electron chi connectivity index (χ3n) is 3.39. The van der Waals surface area contributed by atoms with Crippen LogP contribution in [0.2, 0.25) is 0 Å². The number of anilines is 1. The molecule has 0 bridgehead atoms. The minimum Gasteiger partial charge on any atom is -0.489 e. The van der Waals surface area contributed by atoms with E-state index in [1.54, 1.807) is 6.20 Å². The van der Waals surface area contributed by atoms with Gasteiger partial charge in [-0.05, 0) is 34.0 Å². The monoisotopic (exact) mass is 337 g/mol. The minimum atomic E-state index is 0.557. The lowest BCUT2D eigenvalue weighted by Crippen LogP contribution is -2.00. The maximum absolute atomic E-state index is 5.95. The SMILES string of the molecule is CCc1c(-c2cn[nH]c2N)cc(Br)c2c1OCCCO2. The molecule has 0 amide bonds. The Morgan fingerprint density at radius 3 is 2.70 bits per heavy atom. The van der Waals surface area contributed by atoms with E-state index in [9.17, 15) is 0 Å². The second-order valence-corrected chi connectivity index (χ2v) is 5.50. The van der Waals surface area contributed by atoms with Crippen molar-refractivity contribution in [3.63, 3.8) is 0 Å². The summed E-state index contributed by atoms with van der Waals surface area (Å²) in [7, 11) is 0. The number of aromatic amines is 1. The first-order valence-electron chi connectivity index (χ1n) is 6.62. The summed E-state index contributed by atoms with van der Waals surface area (Å²) >= 11 is 3.56. The number of halogens is 1. The van der Waals surface area contributed by atoms with E-state index >= 15 is 0 Å². The third-order valence-corrected chi connectivity index (χ3v) is 3.98. The van der Waals surface area contributed by atoms with E-state index in [2.05, 4.69) is 33.1 Å². The second kappa shape index (κ2) is 5.36. The molecule has 6 heteroatoms. The van der Waals surface area contributed by atoms with Gasteiger partial charge in [-0.15, -0.1) is 0 Å². The maximum atomic E-state index is 5.95. The number of ether oxygens (including phenoxy) is 2. The zero-order valence-electron chi connectivity index (χ0n) is 11.2. The lowest BCUT2D eigenvalue weighted by atomic mass is 9.98. The summed E-state index contributed by atoms with van der Waals surface area (Å²) in [5.41, 5.74) is 8.95. The zero-order valence-corrected chi connectivity index (χ0v) is 12.8. The van der Waals surface area contributed by atoms with Gasteiger partial charge in [-0.25, -0.2) is 0 Å². The van der Waals surface area contributed by atoms with Crippen LogP contribution in [0.5, 0.6) is 11.5 Å². The van der Waals surface area contributed by atoms with E-state index in [1.165, 1.54) is 0 Å². The number of fused-ring (bicyclic) bond motifs is 1. The number of hydrogen-bond acceptors (Lipinski definition) is 4. The first-order valence-corrected chi connectivity index (χ1v) is 7.41. The fourth-order valence-corrected chi connectivity index (χ4v) is 2.97. The Morgan fingerprint density at radius 1 is 1.30 bits per heavy atom. The predicted molar refractivity (Wildman–Crippen MR) is 81.1 cm³/mol. The number of nitrogens with two attached hydrogens (primary N) is 1. The summed E-state index contributed by atoms with van der Waals surface area (Å²) in [6.07, 6.45) is 3.45. The Bertz CT molecular complexity index is 640. The highest BCUT2D eigenvalue weighted by Gasteiger charge is 2.22. The lowest BCUT2D eigenvalue weighted by Gasteiger charge is -2.17. The Labute approximate surface area is 125 Å². The number of aromatic nitrogens is 2. The molecule has 5 nitrogen and oxygen atoms in total. The molecule has 0 spiro atoms. The fraction of sp³-hybridized carbons (Fsp3) is 0.357. The molecule has 0 saturated carbocycles. The van der Waals surface area contributed by atoms with Crippen molar-refractivity contribution in [2.24, 2.45) is 0 Å². The van der Waals surface area contributed by atoms with Gasteiger partial charge in [-0.1, -0.05) is 6.92 Å². The summed E-state index contributed by atoms with van der Waals surface area (Å²) in [6, 6.07) is 2.02. The number of nitrogens with one attached hydrogen (secondary N) is 1. The number of H-pyrrole nitrogens is 1. The first kappa shape index (κ1) is 13.3. The van der Waals surface area contributed by atoms with Gasteiger partial charge in [0, 0.05) is 17.5 Å². The third kappa shape index (κ3) is 2.14. The van der Waals surface area contributed by atoms with E-state index < -0.39 is 0 Å². The van der Waals surface area contributed by atoms with Gasteiger partial charge in [-0.2, -0.15) is 5.10 Å². The van der Waals surface area contributed by atoms with Gasteiger partial charge in [0.2, 0.25) is 0 Å². The molecule has 2 aromatic rings. The van der Waals surface area contributed by atoms with Crippen molar-refractivity contribution in [3.8, 4) is 22.6 Å². The average molecular weight is 338 g/mol. The van der Waals surface area contributed by atoms with E-state index in [0.717, 1.165) is 45.5 Å². The highest BCUT2D eigenvalue weighted by Crippen LogP contribution is 2.45. The average Bonchev–Trinajstić information content (AvgIpc) is 2.72. The predicted octanol–water partition coefficient (Wildman–Crippen LogP) is 3.15. The van der Waals surface area contributed by atoms with Crippen molar-refractivity contribution in [1.29, 1.82) is 0 Å². The molecule has 3 rings (SSSR count). The number of rotatable bonds is 2. The van der Waals surface area contributed by atoms with Crippen LogP contribution in [-0.2, 0) is 6.42 Å². The Morgan fingerprint density at radius 2 is 2.05 bits per heavy atom. The summed E-state index contributed by atoms with van der Waals surface area (Å²) in [5, 5.41) is 6.77. The molecule has 20 heavy (non-hydrogen) atoms. The number of nitrogens with zero attached hydrogens (tertiary/aromatic N) is 1. The van der Waals surface area contributed by atoms with Crippen LogP contribution in [-0.4, -0.2) is 23.4 Å². The minimum absolute atomic E-state index is 0.557. The van der Waals surface area contributed by atoms with Gasteiger partial charge >= 0.3 is 0 Å². The van der Waals surface area contributed by atoms with Crippen LogP contribution in [0.4, 0.5) is 5.82 Å². The highest BCUT2D eigenvalue weighted by atomic mass is 79.9. The molecule has 0 radical (unpaired) electrons. The summed E-state index contributed by atoms with van der Waals surface area (Å²) in [5.74, 6) is 2.15. The molecular formula is C14H16BrN3O2. The van der Waals surface area contributed by atoms with Gasteiger partial charge in [0.05, 0.1) is 23.9 Å². The van der Waals surface area contributed by atoms with E-state index in [1.807, 2.05) is 6.07 Å². The molecule has 2 heterocycles. The normalized spacial score (nSPS) is 14.1. The number of nitrogen functional groups attached to an aromatic ring is 1. The zero-order chi connectivity index (χ0) is 14.1. The van der Waals surface area contributed by atoms with Crippen molar-refractivity contribution in [3.05, 3.63) is 22.3 Å². The molecule has 3 N–H and O–H groups in total. The lowest BCUT2D eigenvalue weighted by molar-refractivity contribution is 0.295. The largest absolute Gasteiger partial charge is 0.489 e. The van der Waals surface area contributed by atoms with Crippen LogP contribution >= 0.6 is 15.9 Å². The van der Waals surface area contributed by atoms with Crippen LogP contribution < -0.4 is 15.2 Å². The Kier molecular flexibility index (Phi) is 3.56. The molecule has 106 valence electrons. The fourth-order valence-electron chi connectivity index (χ4n) is 2.44. The number of hydrogen-bond donors (Lipinski definition) is 2. The summed E-state index contributed by atoms with van der Waals surface area (Å²) in [6.45, 7) is 3.43. The van der Waals surface area contributed by atoms with Crippen LogP contribution in [0.25, 0.3) is 11.1 Å². The van der Waals surface area contributed by atoms with E-state index in [-0.39, 0.29) is 0 Å². The summed E-state index contributed by atoms with van der Waals surface area (Å²) < 4.78 is 12.6. The van der Waals surface area contributed by atoms with Crippen LogP contribution in [0.1, 0.15) is 18.9 Å². The second-order valence-electron chi connectivity index (χ2n) is 4.64. The summed E-state index contributed by atoms with van der Waals surface area (Å²) in [4.78, 5) is 0. The first-order chi connectivity index (χ1) is 9.72. The molecule has 0 saturated heterocycles. The van der Waals surface area contributed by atoms with Crippen molar-refractivity contribution in [1.82, 2.24) is 10.2 Å². The number of benzene rings is 1. The van der Waals surface area contributed by atoms with Crippen molar-refractivity contribution in [2.45, 2.75) is 19.8 Å². The molecular weight excluding hydrogens is 322 g/mol. The van der Waals surface area contributed by atoms with Crippen molar-refractivity contribution in [2.75, 3.05) is 18.9 Å². The van der Waals surface area contributed by atoms with Gasteiger partial charge in [0.25, 0.3) is 0 Å². The van der Waals surface area contributed by atoms with Gasteiger partial charge < -0.3 is 15.2 Å². The Hall–Kier alpha value is -1.69. The molecule has 1 aliphatic heterocycles. The highest BCUT2D eigenvalue weighted by molar-refractivity contribution is 9.10.